The summed E-state index contributed by atoms with van der Waals surface area (Å²) in [5.74, 6) is 0. The zero-order valence-corrected chi connectivity index (χ0v) is 10.5. The Morgan fingerprint density at radius 3 is 2.80 bits per heavy atom. The minimum absolute atomic E-state index is 0. The largest absolute Gasteiger partial charge is 1.00 e. The van der Waals surface area contributed by atoms with E-state index in [1.165, 1.54) is 6.08 Å². The third-order valence-corrected chi connectivity index (χ3v) is 1.85. The summed E-state index contributed by atoms with van der Waals surface area (Å²) in [6, 6.07) is 0. The van der Waals surface area contributed by atoms with Crippen LogP contribution in [0.2, 0.25) is 0 Å². The summed E-state index contributed by atoms with van der Waals surface area (Å²) < 4.78 is 3.80. The van der Waals surface area contributed by atoms with Crippen molar-refractivity contribution >= 4 is 18.5 Å². The fraction of sp³-hybridized carbons (Fsp3) is 0.375. The van der Waals surface area contributed by atoms with Crippen molar-refractivity contribution in [1.82, 2.24) is 0 Å². The first kappa shape index (κ1) is 14.3. The Morgan fingerprint density at radius 2 is 2.40 bits per heavy atom. The number of carboxylic acid groups (broad SMARTS) is 1. The summed E-state index contributed by atoms with van der Waals surface area (Å²) in [4.78, 5) is 26.0. The Hall–Kier alpha value is -0.690. The molecule has 0 fully saturated rings. The van der Waals surface area contributed by atoms with Crippen LogP contribution in [0.5, 0.6) is 0 Å². The smallest absolute Gasteiger partial charge is 1.00 e. The summed E-state index contributed by atoms with van der Waals surface area (Å²) in [6.07, 6.45) is 0.357. The molecule has 7 heteroatoms. The molecule has 0 radical (unpaired) electrons. The van der Waals surface area contributed by atoms with E-state index in [0.29, 0.717) is 6.54 Å². The van der Waals surface area contributed by atoms with Gasteiger partial charge in [0.25, 0.3) is 0 Å². The van der Waals surface area contributed by atoms with Gasteiger partial charge in [0.2, 0.25) is 6.34 Å². The summed E-state index contributed by atoms with van der Waals surface area (Å²) in [5, 5.41) is 8.89. The molecule has 0 saturated heterocycles. The molecule has 0 aromatic carbocycles. The number of ether oxygens (including phenoxy) is 1. The quantitative estimate of drug-likeness (QED) is 0.332. The molecule has 1 heterocycles. The number of hydrogen-bond donors (Lipinski definition) is 1. The molecule has 15 heavy (non-hydrogen) atoms. The molecule has 1 rings (SSSR count). The SMILES string of the molecule is C=CCOC(=O)[N+]1(C(=O)O)C=NCC1.[H-].[Na+]. The molecular weight excluding hydrogens is 211 g/mol. The molecule has 1 N–H and O–H groups in total. The number of hydrogen-bond acceptors (Lipinski definition) is 4. The van der Waals surface area contributed by atoms with Crippen molar-refractivity contribution in [2.45, 2.75) is 0 Å². The molecular formula is C8H12N2NaO4+. The van der Waals surface area contributed by atoms with Crippen LogP contribution in [0.3, 0.4) is 0 Å². The van der Waals surface area contributed by atoms with Crippen LogP contribution in [0, 0.1) is 0 Å². The standard InChI is InChI=1S/C8H10N2O4.Na.H/c1-2-5-14-8(13)10(7(11)12)4-3-9-6-10;;/h2,6H,1,3-5H2;;/q;+1;-1/p+1. The van der Waals surface area contributed by atoms with Gasteiger partial charge in [-0.1, -0.05) is 17.1 Å². The molecule has 0 saturated carbocycles. The van der Waals surface area contributed by atoms with E-state index in [0.717, 1.165) is 6.34 Å². The zero-order valence-electron chi connectivity index (χ0n) is 9.55. The van der Waals surface area contributed by atoms with Crippen LogP contribution in [-0.4, -0.2) is 47.8 Å². The Morgan fingerprint density at radius 1 is 1.73 bits per heavy atom. The summed E-state index contributed by atoms with van der Waals surface area (Å²) in [5.41, 5.74) is 0. The maximum Gasteiger partial charge on any atom is 1.00 e. The molecule has 1 atom stereocenters. The Labute approximate surface area is 111 Å². The second-order valence-corrected chi connectivity index (χ2v) is 2.76. The zero-order chi connectivity index (χ0) is 10.6. The average Bonchev–Trinajstić information content (AvgIpc) is 2.63. The van der Waals surface area contributed by atoms with Gasteiger partial charge in [-0.25, -0.2) is 4.99 Å². The van der Waals surface area contributed by atoms with Gasteiger partial charge in [-0.15, -0.1) is 0 Å². The number of carbonyl (C=O) groups excluding carboxylic acids is 1. The van der Waals surface area contributed by atoms with Gasteiger partial charge < -0.3 is 11.3 Å². The molecule has 1 unspecified atom stereocenters. The number of aliphatic imine (C=N–C) groups is 1. The van der Waals surface area contributed by atoms with Gasteiger partial charge >= 0.3 is 41.7 Å². The third kappa shape index (κ3) is 2.88. The maximum atomic E-state index is 11.4. The van der Waals surface area contributed by atoms with E-state index in [1.807, 2.05) is 0 Å². The van der Waals surface area contributed by atoms with Crippen molar-refractivity contribution in [2.75, 3.05) is 19.7 Å². The maximum absolute atomic E-state index is 11.4. The van der Waals surface area contributed by atoms with E-state index in [1.54, 1.807) is 0 Å². The molecule has 6 nitrogen and oxygen atoms in total. The fourth-order valence-electron chi connectivity index (χ4n) is 1.08. The first-order valence-electron chi connectivity index (χ1n) is 4.04. The first-order chi connectivity index (χ1) is 6.63. The van der Waals surface area contributed by atoms with E-state index < -0.39 is 16.7 Å². The Kier molecular flexibility index (Phi) is 5.74. The van der Waals surface area contributed by atoms with Crippen molar-refractivity contribution in [2.24, 2.45) is 4.99 Å². The molecule has 0 bridgehead atoms. The van der Waals surface area contributed by atoms with Crippen molar-refractivity contribution in [3.63, 3.8) is 0 Å². The number of nitrogens with zero attached hydrogens (tertiary/aromatic N) is 2. The minimum atomic E-state index is -1.28. The van der Waals surface area contributed by atoms with Crippen LogP contribution in [0.4, 0.5) is 9.59 Å². The number of imide groups is 1. The van der Waals surface area contributed by atoms with Gasteiger partial charge in [0.15, 0.2) is 0 Å². The Balaban J connectivity index is 0. The van der Waals surface area contributed by atoms with Crippen LogP contribution in [0.25, 0.3) is 0 Å². The van der Waals surface area contributed by atoms with Gasteiger partial charge in [-0.2, -0.15) is 9.59 Å². The van der Waals surface area contributed by atoms with Crippen molar-refractivity contribution in [3.8, 4) is 0 Å². The fourth-order valence-corrected chi connectivity index (χ4v) is 1.08. The van der Waals surface area contributed by atoms with Gasteiger partial charge in [0.1, 0.15) is 13.2 Å². The van der Waals surface area contributed by atoms with E-state index in [2.05, 4.69) is 16.3 Å². The van der Waals surface area contributed by atoms with E-state index >= 15 is 0 Å². The van der Waals surface area contributed by atoms with E-state index in [-0.39, 0.29) is 44.1 Å². The van der Waals surface area contributed by atoms with Gasteiger partial charge in [-0.05, 0) is 0 Å². The molecule has 0 aromatic rings. The van der Waals surface area contributed by atoms with E-state index in [4.69, 9.17) is 5.11 Å². The molecule has 0 aromatic heterocycles. The number of carbonyl (C=O) groups is 2. The van der Waals surface area contributed by atoms with Gasteiger partial charge in [0.05, 0.1) is 6.54 Å². The monoisotopic (exact) mass is 223 g/mol. The number of quaternary nitrogens is 1. The second kappa shape index (κ2) is 6.02. The summed E-state index contributed by atoms with van der Waals surface area (Å²) in [6.45, 7) is 3.78. The molecule has 0 spiro atoms. The van der Waals surface area contributed by atoms with Gasteiger partial charge in [-0.3, -0.25) is 0 Å². The third-order valence-electron chi connectivity index (χ3n) is 1.85. The van der Waals surface area contributed by atoms with Crippen LogP contribution in [0.15, 0.2) is 17.6 Å². The number of amides is 2. The van der Waals surface area contributed by atoms with E-state index in [9.17, 15) is 9.59 Å². The predicted octanol–water partition coefficient (Wildman–Crippen LogP) is -2.04. The Bertz CT molecular complexity index is 310. The van der Waals surface area contributed by atoms with Crippen LogP contribution < -0.4 is 29.6 Å². The first-order valence-corrected chi connectivity index (χ1v) is 4.04. The minimum Gasteiger partial charge on any atom is -1.00 e. The molecule has 1 aliphatic rings. The molecule has 1 aliphatic heterocycles. The molecule has 2 amide bonds. The van der Waals surface area contributed by atoms with Crippen LogP contribution in [-0.2, 0) is 4.74 Å². The van der Waals surface area contributed by atoms with Crippen molar-refractivity contribution in [1.29, 1.82) is 0 Å². The molecule has 78 valence electrons. The predicted molar refractivity (Wildman–Crippen MR) is 49.2 cm³/mol. The molecule has 0 aliphatic carbocycles. The topological polar surface area (TPSA) is 76.0 Å². The van der Waals surface area contributed by atoms with Gasteiger partial charge in [0, 0.05) is 0 Å². The van der Waals surface area contributed by atoms with Crippen LogP contribution >= 0.6 is 0 Å². The summed E-state index contributed by atoms with van der Waals surface area (Å²) in [7, 11) is 0. The van der Waals surface area contributed by atoms with Crippen LogP contribution in [0.1, 0.15) is 1.43 Å². The second-order valence-electron chi connectivity index (χ2n) is 2.76. The van der Waals surface area contributed by atoms with Crippen molar-refractivity contribution in [3.05, 3.63) is 12.7 Å². The number of rotatable bonds is 2. The van der Waals surface area contributed by atoms with Crippen molar-refractivity contribution < 1.29 is 54.9 Å². The summed E-state index contributed by atoms with van der Waals surface area (Å²) >= 11 is 0. The normalized spacial score (nSPS) is 22.9. The average molecular weight is 223 g/mol.